The predicted octanol–water partition coefficient (Wildman–Crippen LogP) is 1.18. The molecular weight excluding hydrogens is 232 g/mol. The third-order valence-corrected chi connectivity index (χ3v) is 3.39. The van der Waals surface area contributed by atoms with Crippen molar-refractivity contribution >= 4 is 39.6 Å². The molecule has 0 bridgehead atoms. The minimum atomic E-state index is -0.832. The average Bonchev–Trinajstić information content (AvgIpc) is 2.68. The molecule has 1 aromatic rings. The highest BCUT2D eigenvalue weighted by atomic mass is 32.1. The summed E-state index contributed by atoms with van der Waals surface area (Å²) in [6.45, 7) is 3.57. The van der Waals surface area contributed by atoms with Gasteiger partial charge in [0.1, 0.15) is 5.51 Å². The van der Waals surface area contributed by atoms with Crippen molar-refractivity contribution in [3.05, 3.63) is 5.51 Å². The Hall–Kier alpha value is -1.08. The molecule has 82 valence electrons. The van der Waals surface area contributed by atoms with Crippen molar-refractivity contribution in [3.8, 4) is 0 Å². The van der Waals surface area contributed by atoms with Gasteiger partial charge in [-0.1, -0.05) is 30.5 Å². The fourth-order valence-corrected chi connectivity index (χ4v) is 1.59. The van der Waals surface area contributed by atoms with Crippen molar-refractivity contribution in [2.45, 2.75) is 20.3 Å². The van der Waals surface area contributed by atoms with Gasteiger partial charge in [0, 0.05) is 0 Å². The molecule has 0 radical (unpaired) electrons. The molecule has 0 aliphatic rings. The van der Waals surface area contributed by atoms with E-state index >= 15 is 0 Å². The summed E-state index contributed by atoms with van der Waals surface area (Å²) in [6, 6.07) is 0. The molecular formula is C8H12N4OS2. The fraction of sp³-hybridized carbons (Fsp3) is 0.500. The Kier molecular flexibility index (Phi) is 3.70. The summed E-state index contributed by atoms with van der Waals surface area (Å²) in [7, 11) is 0. The molecule has 0 aromatic carbocycles. The van der Waals surface area contributed by atoms with Gasteiger partial charge in [-0.25, -0.2) is 0 Å². The maximum absolute atomic E-state index is 11.9. The Morgan fingerprint density at radius 2 is 2.47 bits per heavy atom. The van der Waals surface area contributed by atoms with Crippen LogP contribution in [-0.4, -0.2) is 21.1 Å². The minimum absolute atomic E-state index is 0.187. The van der Waals surface area contributed by atoms with E-state index in [1.165, 1.54) is 11.3 Å². The Morgan fingerprint density at radius 1 is 1.80 bits per heavy atom. The van der Waals surface area contributed by atoms with Gasteiger partial charge in [-0.15, -0.1) is 10.2 Å². The van der Waals surface area contributed by atoms with Gasteiger partial charge in [0.25, 0.3) is 0 Å². The summed E-state index contributed by atoms with van der Waals surface area (Å²) in [5.41, 5.74) is 6.26. The molecule has 0 aliphatic carbocycles. The lowest BCUT2D eigenvalue weighted by Gasteiger charge is -2.24. The highest BCUT2D eigenvalue weighted by Gasteiger charge is 2.34. The number of nitrogens with zero attached hydrogens (tertiary/aromatic N) is 2. The maximum Gasteiger partial charge on any atom is 0.238 e. The van der Waals surface area contributed by atoms with Crippen LogP contribution in [-0.2, 0) is 4.79 Å². The third kappa shape index (κ3) is 2.48. The van der Waals surface area contributed by atoms with Crippen LogP contribution in [0, 0.1) is 5.41 Å². The van der Waals surface area contributed by atoms with E-state index in [2.05, 4.69) is 15.5 Å². The molecule has 0 spiro atoms. The van der Waals surface area contributed by atoms with Gasteiger partial charge in [0.2, 0.25) is 11.0 Å². The zero-order chi connectivity index (χ0) is 11.5. The van der Waals surface area contributed by atoms with Gasteiger partial charge in [0.15, 0.2) is 0 Å². The van der Waals surface area contributed by atoms with Crippen molar-refractivity contribution in [1.82, 2.24) is 10.2 Å². The summed E-state index contributed by atoms with van der Waals surface area (Å²) in [5.74, 6) is -0.241. The van der Waals surface area contributed by atoms with Gasteiger partial charge in [-0.3, -0.25) is 10.1 Å². The summed E-state index contributed by atoms with van der Waals surface area (Å²) in [5, 5.41) is 10.4. The van der Waals surface area contributed by atoms with E-state index in [9.17, 15) is 4.79 Å². The molecule has 15 heavy (non-hydrogen) atoms. The SMILES string of the molecule is CCC(C)(C(=O)Nc1nncs1)C(N)=S. The molecule has 0 saturated carbocycles. The fourth-order valence-electron chi connectivity index (χ4n) is 0.909. The number of hydrogen-bond acceptors (Lipinski definition) is 5. The van der Waals surface area contributed by atoms with Crippen molar-refractivity contribution in [2.24, 2.45) is 11.1 Å². The third-order valence-electron chi connectivity index (χ3n) is 2.33. The first-order chi connectivity index (χ1) is 7.00. The van der Waals surface area contributed by atoms with Crippen molar-refractivity contribution in [1.29, 1.82) is 0 Å². The molecule has 1 unspecified atom stereocenters. The second-order valence-electron chi connectivity index (χ2n) is 3.25. The van der Waals surface area contributed by atoms with E-state index in [0.717, 1.165) is 0 Å². The lowest BCUT2D eigenvalue weighted by atomic mass is 9.86. The number of thiocarbonyl (C=S) groups is 1. The molecule has 1 rings (SSSR count). The summed E-state index contributed by atoms with van der Waals surface area (Å²) in [6.07, 6.45) is 0.549. The Morgan fingerprint density at radius 3 is 2.87 bits per heavy atom. The van der Waals surface area contributed by atoms with Crippen LogP contribution in [0.3, 0.4) is 0 Å². The highest BCUT2D eigenvalue weighted by molar-refractivity contribution is 7.80. The van der Waals surface area contributed by atoms with E-state index in [4.69, 9.17) is 18.0 Å². The number of carbonyl (C=O) groups excluding carboxylic acids is 1. The maximum atomic E-state index is 11.9. The number of rotatable bonds is 4. The number of amides is 1. The van der Waals surface area contributed by atoms with Crippen molar-refractivity contribution in [3.63, 3.8) is 0 Å². The summed E-state index contributed by atoms with van der Waals surface area (Å²) < 4.78 is 0. The molecule has 1 heterocycles. The van der Waals surface area contributed by atoms with Gasteiger partial charge in [0.05, 0.1) is 10.4 Å². The Labute approximate surface area is 97.1 Å². The zero-order valence-corrected chi connectivity index (χ0v) is 10.1. The van der Waals surface area contributed by atoms with Crippen LogP contribution in [0.15, 0.2) is 5.51 Å². The molecule has 5 nitrogen and oxygen atoms in total. The van der Waals surface area contributed by atoms with Gasteiger partial charge in [-0.2, -0.15) is 0 Å². The quantitative estimate of drug-likeness (QED) is 0.777. The topological polar surface area (TPSA) is 80.9 Å². The van der Waals surface area contributed by atoms with Crippen LogP contribution in [0.25, 0.3) is 0 Å². The smallest absolute Gasteiger partial charge is 0.238 e. The number of anilines is 1. The number of hydrogen-bond donors (Lipinski definition) is 2. The number of carbonyl (C=O) groups is 1. The van der Waals surface area contributed by atoms with Crippen molar-refractivity contribution in [2.75, 3.05) is 5.32 Å². The lowest BCUT2D eigenvalue weighted by molar-refractivity contribution is -0.121. The molecule has 1 amide bonds. The minimum Gasteiger partial charge on any atom is -0.392 e. The highest BCUT2D eigenvalue weighted by Crippen LogP contribution is 2.24. The summed E-state index contributed by atoms with van der Waals surface area (Å²) >= 11 is 6.14. The van der Waals surface area contributed by atoms with Crippen LogP contribution >= 0.6 is 23.6 Å². The van der Waals surface area contributed by atoms with Crippen LogP contribution < -0.4 is 11.1 Å². The van der Waals surface area contributed by atoms with Crippen LogP contribution in [0.4, 0.5) is 5.13 Å². The largest absolute Gasteiger partial charge is 0.392 e. The van der Waals surface area contributed by atoms with Crippen LogP contribution in [0.2, 0.25) is 0 Å². The Bertz CT molecular complexity index is 365. The standard InChI is InChI=1S/C8H12N4OS2/c1-3-8(2,5(9)14)6(13)11-7-12-10-4-15-7/h4H,3H2,1-2H3,(H2,9,14)(H,11,12,13). The van der Waals surface area contributed by atoms with E-state index < -0.39 is 5.41 Å². The van der Waals surface area contributed by atoms with Crippen LogP contribution in [0.1, 0.15) is 20.3 Å². The first kappa shape index (κ1) is 12.0. The van der Waals surface area contributed by atoms with Crippen LogP contribution in [0.5, 0.6) is 0 Å². The first-order valence-corrected chi connectivity index (χ1v) is 5.67. The van der Waals surface area contributed by atoms with Gasteiger partial charge >= 0.3 is 0 Å². The predicted molar refractivity (Wildman–Crippen MR) is 63.7 cm³/mol. The molecule has 0 saturated heterocycles. The molecule has 7 heteroatoms. The zero-order valence-electron chi connectivity index (χ0n) is 8.48. The summed E-state index contributed by atoms with van der Waals surface area (Å²) in [4.78, 5) is 12.1. The van der Waals surface area contributed by atoms with E-state index in [1.54, 1.807) is 12.4 Å². The number of nitrogens with one attached hydrogen (secondary N) is 1. The molecule has 0 fully saturated rings. The first-order valence-electron chi connectivity index (χ1n) is 4.38. The average molecular weight is 244 g/mol. The molecule has 1 aromatic heterocycles. The van der Waals surface area contributed by atoms with E-state index in [-0.39, 0.29) is 10.9 Å². The number of nitrogens with two attached hydrogens (primary N) is 1. The molecule has 0 aliphatic heterocycles. The lowest BCUT2D eigenvalue weighted by Crippen LogP contribution is -2.43. The van der Waals surface area contributed by atoms with Gasteiger partial charge < -0.3 is 5.73 Å². The number of aromatic nitrogens is 2. The van der Waals surface area contributed by atoms with E-state index in [1.807, 2.05) is 6.92 Å². The Balaban J connectivity index is 2.79. The second-order valence-corrected chi connectivity index (χ2v) is 4.52. The molecule has 3 N–H and O–H groups in total. The second kappa shape index (κ2) is 4.63. The van der Waals surface area contributed by atoms with E-state index in [0.29, 0.717) is 11.6 Å². The monoisotopic (exact) mass is 244 g/mol. The van der Waals surface area contributed by atoms with Crippen molar-refractivity contribution < 1.29 is 4.79 Å². The molecule has 1 atom stereocenters. The van der Waals surface area contributed by atoms with Gasteiger partial charge in [-0.05, 0) is 13.3 Å². The normalized spacial score (nSPS) is 14.3.